The Bertz CT molecular complexity index is 595. The summed E-state index contributed by atoms with van der Waals surface area (Å²) >= 11 is 0. The molecular formula is C15H18N4O2. The van der Waals surface area contributed by atoms with Crippen molar-refractivity contribution in [1.29, 1.82) is 0 Å². The number of para-hydroxylation sites is 1. The number of amides is 1. The first kappa shape index (κ1) is 12.8. The number of anilines is 1. The lowest BCUT2D eigenvalue weighted by atomic mass is 10.1. The molecule has 110 valence electrons. The number of aliphatic imine (C=N–C) groups is 1. The lowest BCUT2D eigenvalue weighted by Gasteiger charge is -2.46. The van der Waals surface area contributed by atoms with Gasteiger partial charge in [0.15, 0.2) is 0 Å². The highest BCUT2D eigenvalue weighted by atomic mass is 16.5. The number of morpholine rings is 1. The molecule has 1 saturated heterocycles. The van der Waals surface area contributed by atoms with Crippen molar-refractivity contribution in [3.8, 4) is 0 Å². The van der Waals surface area contributed by atoms with Gasteiger partial charge in [0.1, 0.15) is 0 Å². The molecule has 0 aliphatic carbocycles. The normalized spacial score (nSPS) is 22.7. The van der Waals surface area contributed by atoms with Gasteiger partial charge in [-0.3, -0.25) is 14.7 Å². The molecule has 4 rings (SSSR count). The highest BCUT2D eigenvalue weighted by Gasteiger charge is 2.39. The fraction of sp³-hybridized carbons (Fsp3) is 0.467. The zero-order valence-electron chi connectivity index (χ0n) is 11.9. The number of rotatable bonds is 1. The van der Waals surface area contributed by atoms with E-state index in [-0.39, 0.29) is 5.91 Å². The van der Waals surface area contributed by atoms with E-state index in [9.17, 15) is 4.79 Å². The fourth-order valence-corrected chi connectivity index (χ4v) is 3.09. The minimum Gasteiger partial charge on any atom is -0.379 e. The van der Waals surface area contributed by atoms with Crippen molar-refractivity contribution in [3.63, 3.8) is 0 Å². The summed E-state index contributed by atoms with van der Waals surface area (Å²) in [5.74, 6) is 0.834. The standard InChI is InChI=1S/C15H18N4O2/c20-14-12-4-1-2-5-13(12)19(17-8-10-21-11-9-17)15-16-6-3-7-18(14)15/h1-2,4-5H,3,6-11H2. The van der Waals surface area contributed by atoms with Gasteiger partial charge in [-0.05, 0) is 18.6 Å². The molecule has 3 heterocycles. The van der Waals surface area contributed by atoms with Crippen molar-refractivity contribution in [2.75, 3.05) is 44.4 Å². The smallest absolute Gasteiger partial charge is 0.262 e. The monoisotopic (exact) mass is 286 g/mol. The number of hydrazine groups is 1. The Kier molecular flexibility index (Phi) is 3.12. The Morgan fingerprint density at radius 3 is 2.76 bits per heavy atom. The topological polar surface area (TPSA) is 48.4 Å². The van der Waals surface area contributed by atoms with E-state index < -0.39 is 0 Å². The summed E-state index contributed by atoms with van der Waals surface area (Å²) in [4.78, 5) is 19.1. The Balaban J connectivity index is 1.82. The van der Waals surface area contributed by atoms with Crippen molar-refractivity contribution in [3.05, 3.63) is 29.8 Å². The predicted octanol–water partition coefficient (Wildman–Crippen LogP) is 0.956. The van der Waals surface area contributed by atoms with E-state index in [4.69, 9.17) is 4.74 Å². The van der Waals surface area contributed by atoms with Crippen LogP contribution in [-0.4, -0.2) is 61.2 Å². The number of carbonyl (C=O) groups excluding carboxylic acids is 1. The second-order valence-corrected chi connectivity index (χ2v) is 5.39. The van der Waals surface area contributed by atoms with E-state index in [1.165, 1.54) is 0 Å². The molecule has 1 aromatic carbocycles. The first-order chi connectivity index (χ1) is 10.4. The lowest BCUT2D eigenvalue weighted by Crippen LogP contribution is -2.61. The van der Waals surface area contributed by atoms with Gasteiger partial charge in [-0.25, -0.2) is 10.0 Å². The molecule has 0 bridgehead atoms. The number of guanidine groups is 1. The van der Waals surface area contributed by atoms with Crippen LogP contribution in [0.5, 0.6) is 0 Å². The molecule has 0 radical (unpaired) electrons. The van der Waals surface area contributed by atoms with Crippen LogP contribution in [0.4, 0.5) is 5.69 Å². The Morgan fingerprint density at radius 1 is 1.10 bits per heavy atom. The summed E-state index contributed by atoms with van der Waals surface area (Å²) in [6, 6.07) is 7.78. The first-order valence-electron chi connectivity index (χ1n) is 7.44. The second-order valence-electron chi connectivity index (χ2n) is 5.39. The number of carbonyl (C=O) groups is 1. The minimum atomic E-state index is 0.0635. The van der Waals surface area contributed by atoms with Crippen LogP contribution in [0.3, 0.4) is 0 Å². The zero-order chi connectivity index (χ0) is 14.2. The average molecular weight is 286 g/mol. The number of ether oxygens (including phenoxy) is 1. The van der Waals surface area contributed by atoms with Gasteiger partial charge < -0.3 is 4.74 Å². The predicted molar refractivity (Wildman–Crippen MR) is 79.3 cm³/mol. The Morgan fingerprint density at radius 2 is 1.90 bits per heavy atom. The molecule has 3 aliphatic rings. The van der Waals surface area contributed by atoms with Gasteiger partial charge in [-0.2, -0.15) is 0 Å². The summed E-state index contributed by atoms with van der Waals surface area (Å²) in [5, 5.41) is 4.34. The fourth-order valence-electron chi connectivity index (χ4n) is 3.09. The molecular weight excluding hydrogens is 268 g/mol. The van der Waals surface area contributed by atoms with Crippen LogP contribution in [0.1, 0.15) is 16.8 Å². The maximum atomic E-state index is 12.7. The summed E-state index contributed by atoms with van der Waals surface area (Å²) in [5.41, 5.74) is 1.69. The summed E-state index contributed by atoms with van der Waals surface area (Å²) < 4.78 is 5.45. The van der Waals surface area contributed by atoms with E-state index in [0.29, 0.717) is 13.2 Å². The van der Waals surface area contributed by atoms with Crippen LogP contribution in [0.2, 0.25) is 0 Å². The summed E-state index contributed by atoms with van der Waals surface area (Å²) in [6.45, 7) is 4.57. The molecule has 1 amide bonds. The van der Waals surface area contributed by atoms with Gasteiger partial charge in [0.05, 0.1) is 24.5 Å². The van der Waals surface area contributed by atoms with Gasteiger partial charge in [-0.15, -0.1) is 0 Å². The maximum Gasteiger partial charge on any atom is 0.262 e. The third kappa shape index (κ3) is 2.02. The molecule has 0 unspecified atom stereocenters. The third-order valence-corrected chi connectivity index (χ3v) is 4.10. The summed E-state index contributed by atoms with van der Waals surface area (Å²) in [6.07, 6.45) is 0.925. The number of benzene rings is 1. The van der Waals surface area contributed by atoms with Crippen LogP contribution in [0, 0.1) is 0 Å². The number of hydrogen-bond donors (Lipinski definition) is 0. The van der Waals surface area contributed by atoms with E-state index >= 15 is 0 Å². The van der Waals surface area contributed by atoms with Crippen LogP contribution >= 0.6 is 0 Å². The van der Waals surface area contributed by atoms with Crippen LogP contribution in [0.15, 0.2) is 29.3 Å². The van der Waals surface area contributed by atoms with Crippen LogP contribution in [0.25, 0.3) is 0 Å². The molecule has 0 spiro atoms. The molecule has 6 heteroatoms. The number of nitrogens with zero attached hydrogens (tertiary/aromatic N) is 4. The third-order valence-electron chi connectivity index (χ3n) is 4.10. The maximum absolute atomic E-state index is 12.7. The van der Waals surface area contributed by atoms with Gasteiger partial charge >= 0.3 is 0 Å². The number of fused-ring (bicyclic) bond motifs is 2. The van der Waals surface area contributed by atoms with Crippen molar-refractivity contribution >= 4 is 17.6 Å². The SMILES string of the molecule is O=C1c2ccccc2N(N2CCOCC2)C2=NCCCN12. The van der Waals surface area contributed by atoms with Gasteiger partial charge in [0.25, 0.3) is 5.91 Å². The molecule has 1 fully saturated rings. The molecule has 6 nitrogen and oxygen atoms in total. The van der Waals surface area contributed by atoms with E-state index in [1.54, 1.807) is 4.90 Å². The van der Waals surface area contributed by atoms with Crippen molar-refractivity contribution < 1.29 is 9.53 Å². The van der Waals surface area contributed by atoms with Crippen LogP contribution in [-0.2, 0) is 4.74 Å². The zero-order valence-corrected chi connectivity index (χ0v) is 11.9. The van der Waals surface area contributed by atoms with Crippen molar-refractivity contribution in [2.24, 2.45) is 4.99 Å². The van der Waals surface area contributed by atoms with Crippen LogP contribution < -0.4 is 5.01 Å². The van der Waals surface area contributed by atoms with Gasteiger partial charge in [-0.1, -0.05) is 12.1 Å². The van der Waals surface area contributed by atoms with Gasteiger partial charge in [0.2, 0.25) is 5.96 Å². The highest BCUT2D eigenvalue weighted by Crippen LogP contribution is 2.31. The lowest BCUT2D eigenvalue weighted by molar-refractivity contribution is 0.0366. The van der Waals surface area contributed by atoms with Gasteiger partial charge in [0, 0.05) is 26.2 Å². The average Bonchev–Trinajstić information content (AvgIpc) is 2.56. The van der Waals surface area contributed by atoms with E-state index in [0.717, 1.165) is 49.8 Å². The minimum absolute atomic E-state index is 0.0635. The van der Waals surface area contributed by atoms with Crippen molar-refractivity contribution in [2.45, 2.75) is 6.42 Å². The molecule has 0 N–H and O–H groups in total. The number of hydrogen-bond acceptors (Lipinski definition) is 5. The molecule has 0 atom stereocenters. The van der Waals surface area contributed by atoms with E-state index in [1.807, 2.05) is 24.3 Å². The highest BCUT2D eigenvalue weighted by molar-refractivity contribution is 6.18. The van der Waals surface area contributed by atoms with Crippen molar-refractivity contribution in [1.82, 2.24) is 9.91 Å². The first-order valence-corrected chi connectivity index (χ1v) is 7.44. The second kappa shape index (κ2) is 5.13. The molecule has 1 aromatic rings. The Labute approximate surface area is 123 Å². The molecule has 0 saturated carbocycles. The molecule has 0 aromatic heterocycles. The van der Waals surface area contributed by atoms with E-state index in [2.05, 4.69) is 15.0 Å². The molecule has 3 aliphatic heterocycles. The summed E-state index contributed by atoms with van der Waals surface area (Å²) in [7, 11) is 0. The quantitative estimate of drug-likeness (QED) is 0.771. The molecule has 21 heavy (non-hydrogen) atoms. The largest absolute Gasteiger partial charge is 0.379 e. The Hall–Kier alpha value is -1.92.